The Morgan fingerprint density at radius 3 is 2.80 bits per heavy atom. The first-order valence-corrected chi connectivity index (χ1v) is 5.93. The molecule has 0 bridgehead atoms. The Morgan fingerprint density at radius 2 is 2.30 bits per heavy atom. The summed E-state index contributed by atoms with van der Waals surface area (Å²) < 4.78 is 5.43. The van der Waals surface area contributed by atoms with Crippen LogP contribution in [-0.2, 0) is 14.3 Å². The highest BCUT2D eigenvalue weighted by Crippen LogP contribution is 2.43. The van der Waals surface area contributed by atoms with E-state index in [1.54, 1.807) is 12.9 Å². The summed E-state index contributed by atoms with van der Waals surface area (Å²) in [6, 6.07) is 0. The number of hydrogen-bond donors (Lipinski definition) is 2. The second kappa shape index (κ2) is 4.59. The quantitative estimate of drug-likeness (QED) is 0.412. The molecule has 8 nitrogen and oxygen atoms in total. The lowest BCUT2D eigenvalue weighted by Crippen LogP contribution is -2.44. The van der Waals surface area contributed by atoms with Gasteiger partial charge in [-0.15, -0.1) is 0 Å². The van der Waals surface area contributed by atoms with Crippen molar-refractivity contribution in [2.24, 2.45) is 11.7 Å². The number of allylic oxidation sites excluding steroid dienone is 2. The lowest BCUT2D eigenvalue weighted by molar-refractivity contribution is -0.422. The Balaban J connectivity index is 2.64. The molecule has 8 heteroatoms. The molecule has 1 aliphatic heterocycles. The summed E-state index contributed by atoms with van der Waals surface area (Å²) in [7, 11) is 0. The van der Waals surface area contributed by atoms with Gasteiger partial charge in [-0.3, -0.25) is 14.9 Å². The zero-order chi connectivity index (χ0) is 15.1. The zero-order valence-corrected chi connectivity index (χ0v) is 10.9. The van der Waals surface area contributed by atoms with E-state index in [1.165, 1.54) is 13.0 Å². The maximum Gasteiger partial charge on any atom is 0.307 e. The first-order chi connectivity index (χ1) is 9.36. The number of carbonyl (C=O) groups excluding carboxylic acids is 2. The second-order valence-corrected chi connectivity index (χ2v) is 4.60. The summed E-state index contributed by atoms with van der Waals surface area (Å²) in [6.07, 6.45) is 1.28. The monoisotopic (exact) mass is 279 g/mol. The third-order valence-corrected chi connectivity index (χ3v) is 3.44. The van der Waals surface area contributed by atoms with Crippen molar-refractivity contribution in [3.05, 3.63) is 38.9 Å². The van der Waals surface area contributed by atoms with Crippen molar-refractivity contribution >= 4 is 11.8 Å². The van der Waals surface area contributed by atoms with E-state index in [4.69, 9.17) is 10.5 Å². The molecule has 2 unspecified atom stereocenters. The topological polar surface area (TPSA) is 125 Å². The van der Waals surface area contributed by atoms with Gasteiger partial charge in [-0.05, 0) is 19.9 Å². The fraction of sp³-hybridized carbons (Fsp3) is 0.417. The minimum atomic E-state index is -1.39. The Labute approximate surface area is 114 Å². The largest absolute Gasteiger partial charge is 0.393 e. The van der Waals surface area contributed by atoms with Gasteiger partial charge in [0, 0.05) is 12.3 Å². The number of hydrogen-bond acceptors (Lipinski definition) is 6. The summed E-state index contributed by atoms with van der Waals surface area (Å²) in [5.74, 6) is 0.171. The van der Waals surface area contributed by atoms with Crippen molar-refractivity contribution < 1.29 is 19.2 Å². The molecule has 2 aliphatic rings. The summed E-state index contributed by atoms with van der Waals surface area (Å²) >= 11 is 0. The maximum absolute atomic E-state index is 12.0. The number of fused-ring (bicyclic) bond motifs is 1. The number of nitro groups is 1. The predicted molar refractivity (Wildman–Crippen MR) is 67.2 cm³/mol. The van der Waals surface area contributed by atoms with E-state index in [0.29, 0.717) is 5.70 Å². The minimum absolute atomic E-state index is 0.194. The van der Waals surface area contributed by atoms with E-state index in [9.17, 15) is 19.7 Å². The number of nitrogens with zero attached hydrogens (tertiary/aromatic N) is 1. The molecule has 0 aromatic carbocycles. The van der Waals surface area contributed by atoms with Crippen molar-refractivity contribution in [1.82, 2.24) is 5.32 Å². The van der Waals surface area contributed by atoms with Crippen LogP contribution in [0.3, 0.4) is 0 Å². The van der Waals surface area contributed by atoms with Crippen molar-refractivity contribution in [2.75, 3.05) is 6.61 Å². The van der Waals surface area contributed by atoms with Gasteiger partial charge >= 0.3 is 5.70 Å². The van der Waals surface area contributed by atoms with Crippen LogP contribution in [0.25, 0.3) is 0 Å². The van der Waals surface area contributed by atoms with Gasteiger partial charge in [0.15, 0.2) is 5.60 Å². The van der Waals surface area contributed by atoms with Crippen molar-refractivity contribution in [3.8, 4) is 0 Å². The van der Waals surface area contributed by atoms with E-state index in [1.807, 2.05) is 0 Å². The molecular weight excluding hydrogens is 266 g/mol. The third kappa shape index (κ3) is 1.74. The van der Waals surface area contributed by atoms with E-state index in [-0.39, 0.29) is 17.9 Å². The number of ether oxygens (including phenoxy) is 1. The van der Waals surface area contributed by atoms with Gasteiger partial charge in [-0.2, -0.15) is 0 Å². The number of rotatable bonds is 3. The van der Waals surface area contributed by atoms with E-state index in [2.05, 4.69) is 5.32 Å². The van der Waals surface area contributed by atoms with E-state index >= 15 is 0 Å². The third-order valence-electron chi connectivity index (χ3n) is 3.44. The predicted octanol–water partition coefficient (Wildman–Crippen LogP) is -0.370. The van der Waals surface area contributed by atoms with Gasteiger partial charge in [0.05, 0.1) is 10.8 Å². The molecular formula is C12H13N3O5. The summed E-state index contributed by atoms with van der Waals surface area (Å²) in [5.41, 5.74) is 3.49. The fourth-order valence-electron chi connectivity index (χ4n) is 2.59. The fourth-order valence-corrected chi connectivity index (χ4v) is 2.59. The molecule has 1 saturated heterocycles. The molecule has 1 amide bonds. The molecule has 20 heavy (non-hydrogen) atoms. The lowest BCUT2D eigenvalue weighted by Gasteiger charge is -2.29. The van der Waals surface area contributed by atoms with Crippen LogP contribution in [0.15, 0.2) is 28.7 Å². The molecule has 0 saturated carbocycles. The van der Waals surface area contributed by atoms with Gasteiger partial charge in [0.1, 0.15) is 17.2 Å². The molecule has 0 spiro atoms. The summed E-state index contributed by atoms with van der Waals surface area (Å²) in [5, 5.41) is 13.6. The summed E-state index contributed by atoms with van der Waals surface area (Å²) in [6.45, 7) is 3.38. The second-order valence-electron chi connectivity index (χ2n) is 4.60. The average molecular weight is 279 g/mol. The minimum Gasteiger partial charge on any atom is -0.393 e. The van der Waals surface area contributed by atoms with Crippen molar-refractivity contribution in [1.29, 1.82) is 0 Å². The van der Waals surface area contributed by atoms with Gasteiger partial charge in [0.2, 0.25) is 0 Å². The van der Waals surface area contributed by atoms with E-state index in [0.717, 1.165) is 0 Å². The SMILES string of the molecule is CCOC1(C)C(=O)NC2=CC(N)=C([N+](=O)[O-])C(=C=O)C21. The van der Waals surface area contributed by atoms with Gasteiger partial charge in [-0.1, -0.05) is 0 Å². The number of nitrogens with one attached hydrogen (secondary N) is 1. The highest BCUT2D eigenvalue weighted by Gasteiger charge is 2.56. The van der Waals surface area contributed by atoms with Crippen LogP contribution in [-0.4, -0.2) is 29.0 Å². The number of nitrogens with two attached hydrogens (primary N) is 1. The highest BCUT2D eigenvalue weighted by molar-refractivity contribution is 5.93. The maximum atomic E-state index is 12.0. The van der Waals surface area contributed by atoms with Gasteiger partial charge in [0.25, 0.3) is 5.91 Å². The molecule has 1 fully saturated rings. The molecule has 1 heterocycles. The molecule has 106 valence electrons. The summed E-state index contributed by atoms with van der Waals surface area (Å²) in [4.78, 5) is 33.5. The van der Waals surface area contributed by atoms with Crippen LogP contribution < -0.4 is 11.1 Å². The standard InChI is InChI=1S/C12H13N3O5/c1-3-20-12(2)9-6(5-16)10(15(18)19)7(13)4-8(9)14-11(12)17/h4,9H,3,13H2,1-2H3,(H,14,17). The van der Waals surface area contributed by atoms with Crippen molar-refractivity contribution in [2.45, 2.75) is 19.4 Å². The Kier molecular flexibility index (Phi) is 3.21. The molecule has 2 atom stereocenters. The van der Waals surface area contributed by atoms with Gasteiger partial charge in [-0.25, -0.2) is 4.79 Å². The molecule has 2 rings (SSSR count). The smallest absolute Gasteiger partial charge is 0.307 e. The van der Waals surface area contributed by atoms with Crippen LogP contribution in [0.4, 0.5) is 0 Å². The Hall–Kier alpha value is -2.44. The zero-order valence-electron chi connectivity index (χ0n) is 10.9. The number of carbonyl (C=O) groups is 1. The molecule has 0 aromatic rings. The molecule has 0 aromatic heterocycles. The van der Waals surface area contributed by atoms with Crippen molar-refractivity contribution in [3.63, 3.8) is 0 Å². The van der Waals surface area contributed by atoms with Crippen LogP contribution in [0.5, 0.6) is 0 Å². The van der Waals surface area contributed by atoms with Crippen LogP contribution in [0, 0.1) is 16.0 Å². The number of amides is 1. The Morgan fingerprint density at radius 1 is 1.65 bits per heavy atom. The lowest BCUT2D eigenvalue weighted by atomic mass is 9.79. The molecule has 3 N–H and O–H groups in total. The van der Waals surface area contributed by atoms with Crippen LogP contribution in [0.2, 0.25) is 0 Å². The average Bonchev–Trinajstić information content (AvgIpc) is 2.59. The van der Waals surface area contributed by atoms with Crippen LogP contribution >= 0.6 is 0 Å². The molecule has 0 radical (unpaired) electrons. The van der Waals surface area contributed by atoms with Gasteiger partial charge < -0.3 is 15.8 Å². The Bertz CT molecular complexity index is 615. The molecule has 1 aliphatic carbocycles. The van der Waals surface area contributed by atoms with E-state index < -0.39 is 28.0 Å². The normalized spacial score (nSPS) is 28.7. The van der Waals surface area contributed by atoms with Crippen LogP contribution in [0.1, 0.15) is 13.8 Å². The first kappa shape index (κ1) is 14.0. The first-order valence-electron chi connectivity index (χ1n) is 5.93. The highest BCUT2D eigenvalue weighted by atomic mass is 16.6.